The van der Waals surface area contributed by atoms with Crippen molar-refractivity contribution in [1.29, 1.82) is 0 Å². The lowest BCUT2D eigenvalue weighted by Gasteiger charge is -2.29. The van der Waals surface area contributed by atoms with E-state index < -0.39 is 0 Å². The highest BCUT2D eigenvalue weighted by Gasteiger charge is 2.19. The van der Waals surface area contributed by atoms with Gasteiger partial charge in [0.05, 0.1) is 39.6 Å². The zero-order valence-corrected chi connectivity index (χ0v) is 21.5. The normalized spacial score (nSPS) is 13.4. The molecule has 37 heavy (non-hydrogen) atoms. The molecule has 0 atom stereocenters. The summed E-state index contributed by atoms with van der Waals surface area (Å²) in [7, 11) is 3.25. The van der Waals surface area contributed by atoms with Crippen LogP contribution in [0, 0.1) is 0 Å². The summed E-state index contributed by atoms with van der Waals surface area (Å²) in [5.74, 6) is 3.52. The Hall–Kier alpha value is -3.75. The van der Waals surface area contributed by atoms with Crippen LogP contribution in [0.4, 0.5) is 5.82 Å². The van der Waals surface area contributed by atoms with Gasteiger partial charge in [0, 0.05) is 29.9 Å². The van der Waals surface area contributed by atoms with Crippen LogP contribution in [-0.2, 0) is 11.2 Å². The lowest BCUT2D eigenvalue weighted by molar-refractivity contribution is 0.122. The summed E-state index contributed by atoms with van der Waals surface area (Å²) in [6, 6.07) is 19.2. The third-order valence-electron chi connectivity index (χ3n) is 6.04. The van der Waals surface area contributed by atoms with Crippen LogP contribution in [-0.4, -0.2) is 57.1 Å². The Labute approximate surface area is 220 Å². The van der Waals surface area contributed by atoms with Crippen molar-refractivity contribution >= 4 is 28.3 Å². The van der Waals surface area contributed by atoms with Gasteiger partial charge in [0.2, 0.25) is 0 Å². The number of benzene rings is 3. The van der Waals surface area contributed by atoms with Gasteiger partial charge in [-0.2, -0.15) is 9.97 Å². The Balaban J connectivity index is 1.39. The van der Waals surface area contributed by atoms with Gasteiger partial charge in [-0.15, -0.1) is 0 Å². The first-order chi connectivity index (χ1) is 18.1. The molecule has 2 heterocycles. The van der Waals surface area contributed by atoms with E-state index in [0.717, 1.165) is 35.4 Å². The molecular weight excluding hydrogens is 494 g/mol. The first-order valence-electron chi connectivity index (χ1n) is 12.0. The van der Waals surface area contributed by atoms with Gasteiger partial charge in [-0.1, -0.05) is 23.7 Å². The van der Waals surface area contributed by atoms with Crippen LogP contribution in [0.15, 0.2) is 60.7 Å². The zero-order chi connectivity index (χ0) is 25.6. The molecule has 1 fully saturated rings. The summed E-state index contributed by atoms with van der Waals surface area (Å²) < 4.78 is 28.4. The largest absolute Gasteiger partial charge is 0.493 e. The van der Waals surface area contributed by atoms with E-state index in [4.69, 9.17) is 40.3 Å². The first-order valence-corrected chi connectivity index (χ1v) is 12.4. The SMILES string of the molecule is COc1ccc(CCOc2nc(N3CCOCC3)c3cc(Oc4cccc(Cl)c4)ccc3n2)cc1OC. The summed E-state index contributed by atoms with van der Waals surface area (Å²) >= 11 is 6.12. The van der Waals surface area contributed by atoms with Crippen molar-refractivity contribution in [2.75, 3.05) is 52.0 Å². The Morgan fingerprint density at radius 2 is 1.70 bits per heavy atom. The van der Waals surface area contributed by atoms with Crippen LogP contribution in [0.25, 0.3) is 10.9 Å². The standard InChI is InChI=1S/C28H28ClN3O5/c1-33-25-9-6-19(16-26(25)34-2)10-13-36-28-30-24-8-7-22(37-21-5-3-4-20(29)17-21)18-23(24)27(31-28)32-11-14-35-15-12-32/h3-9,16-18H,10-15H2,1-2H3. The number of nitrogens with zero attached hydrogens (tertiary/aromatic N) is 3. The van der Waals surface area contributed by atoms with Gasteiger partial charge in [0.1, 0.15) is 17.3 Å². The van der Waals surface area contributed by atoms with Gasteiger partial charge in [-0.05, 0) is 54.1 Å². The first kappa shape index (κ1) is 24.9. The molecule has 3 aromatic carbocycles. The minimum absolute atomic E-state index is 0.331. The van der Waals surface area contributed by atoms with Crippen LogP contribution in [0.5, 0.6) is 29.0 Å². The van der Waals surface area contributed by atoms with Crippen LogP contribution < -0.4 is 23.8 Å². The van der Waals surface area contributed by atoms with E-state index in [2.05, 4.69) is 9.88 Å². The van der Waals surface area contributed by atoms with Crippen molar-refractivity contribution in [3.63, 3.8) is 0 Å². The lowest BCUT2D eigenvalue weighted by Crippen LogP contribution is -2.37. The Morgan fingerprint density at radius 3 is 2.49 bits per heavy atom. The minimum atomic E-state index is 0.331. The summed E-state index contributed by atoms with van der Waals surface area (Å²) in [5, 5.41) is 1.50. The number of hydrogen-bond donors (Lipinski definition) is 0. The topological polar surface area (TPSA) is 75.2 Å². The predicted molar refractivity (Wildman–Crippen MR) is 143 cm³/mol. The van der Waals surface area contributed by atoms with Crippen LogP contribution in [0.1, 0.15) is 5.56 Å². The number of ether oxygens (including phenoxy) is 5. The molecule has 0 unspecified atom stereocenters. The van der Waals surface area contributed by atoms with Crippen LogP contribution >= 0.6 is 11.6 Å². The highest BCUT2D eigenvalue weighted by molar-refractivity contribution is 6.30. The van der Waals surface area contributed by atoms with E-state index in [1.54, 1.807) is 20.3 Å². The average Bonchev–Trinajstić information content (AvgIpc) is 2.93. The summed E-state index contributed by atoms with van der Waals surface area (Å²) in [4.78, 5) is 11.7. The molecule has 9 heteroatoms. The van der Waals surface area contributed by atoms with E-state index in [-0.39, 0.29) is 0 Å². The number of rotatable bonds is 9. The zero-order valence-electron chi connectivity index (χ0n) is 20.8. The molecule has 1 aromatic heterocycles. The van der Waals surface area contributed by atoms with Gasteiger partial charge in [0.15, 0.2) is 11.5 Å². The summed E-state index contributed by atoms with van der Waals surface area (Å²) in [6.07, 6.45) is 0.668. The molecule has 0 aliphatic carbocycles. The number of morpholine rings is 1. The number of methoxy groups -OCH3 is 2. The van der Waals surface area contributed by atoms with E-state index in [0.29, 0.717) is 60.3 Å². The van der Waals surface area contributed by atoms with Crippen molar-refractivity contribution in [3.05, 3.63) is 71.2 Å². The second-order valence-corrected chi connectivity index (χ2v) is 8.89. The monoisotopic (exact) mass is 521 g/mol. The van der Waals surface area contributed by atoms with Gasteiger partial charge in [-0.25, -0.2) is 0 Å². The molecule has 0 radical (unpaired) electrons. The van der Waals surface area contributed by atoms with E-state index in [1.165, 1.54) is 0 Å². The molecule has 0 bridgehead atoms. The molecule has 192 valence electrons. The summed E-state index contributed by atoms with van der Waals surface area (Å²) in [5.41, 5.74) is 1.84. The van der Waals surface area contributed by atoms with E-state index >= 15 is 0 Å². The second-order valence-electron chi connectivity index (χ2n) is 8.46. The quantitative estimate of drug-likeness (QED) is 0.284. The molecular formula is C28H28ClN3O5. The lowest BCUT2D eigenvalue weighted by atomic mass is 10.1. The maximum atomic E-state index is 6.12. The third kappa shape index (κ3) is 5.98. The molecule has 0 saturated carbocycles. The Bertz CT molecular complexity index is 1380. The van der Waals surface area contributed by atoms with Crippen LogP contribution in [0.2, 0.25) is 5.02 Å². The highest BCUT2D eigenvalue weighted by Crippen LogP contribution is 2.33. The average molecular weight is 522 g/mol. The molecule has 0 amide bonds. The van der Waals surface area contributed by atoms with Crippen LogP contribution in [0.3, 0.4) is 0 Å². The molecule has 0 spiro atoms. The molecule has 8 nitrogen and oxygen atoms in total. The fourth-order valence-corrected chi connectivity index (χ4v) is 4.36. The molecule has 1 aliphatic heterocycles. The third-order valence-corrected chi connectivity index (χ3v) is 6.27. The minimum Gasteiger partial charge on any atom is -0.493 e. The summed E-state index contributed by atoms with van der Waals surface area (Å²) in [6.45, 7) is 3.16. The number of aromatic nitrogens is 2. The van der Waals surface area contributed by atoms with Gasteiger partial charge in [0.25, 0.3) is 0 Å². The Kier molecular flexibility index (Phi) is 7.77. The van der Waals surface area contributed by atoms with Gasteiger partial charge >= 0.3 is 6.01 Å². The molecule has 5 rings (SSSR count). The Morgan fingerprint density at radius 1 is 0.892 bits per heavy atom. The predicted octanol–water partition coefficient (Wildman–Crippen LogP) is 5.55. The smallest absolute Gasteiger partial charge is 0.318 e. The number of halogens is 1. The van der Waals surface area contributed by atoms with Crippen molar-refractivity contribution in [2.24, 2.45) is 0 Å². The van der Waals surface area contributed by atoms with Crippen molar-refractivity contribution in [1.82, 2.24) is 9.97 Å². The van der Waals surface area contributed by atoms with E-state index in [9.17, 15) is 0 Å². The van der Waals surface area contributed by atoms with Crippen molar-refractivity contribution in [2.45, 2.75) is 6.42 Å². The van der Waals surface area contributed by atoms with Gasteiger partial charge < -0.3 is 28.6 Å². The molecule has 4 aromatic rings. The molecule has 1 saturated heterocycles. The van der Waals surface area contributed by atoms with Gasteiger partial charge in [-0.3, -0.25) is 0 Å². The number of fused-ring (bicyclic) bond motifs is 1. The maximum absolute atomic E-state index is 6.12. The second kappa shape index (κ2) is 11.5. The fraction of sp³-hybridized carbons (Fsp3) is 0.286. The number of hydrogen-bond acceptors (Lipinski definition) is 8. The van der Waals surface area contributed by atoms with E-state index in [1.807, 2.05) is 54.6 Å². The molecule has 0 N–H and O–H groups in total. The number of anilines is 1. The molecule has 1 aliphatic rings. The van der Waals surface area contributed by atoms with Crippen molar-refractivity contribution < 1.29 is 23.7 Å². The maximum Gasteiger partial charge on any atom is 0.318 e. The highest BCUT2D eigenvalue weighted by atomic mass is 35.5. The van der Waals surface area contributed by atoms with Crippen molar-refractivity contribution in [3.8, 4) is 29.0 Å². The fourth-order valence-electron chi connectivity index (χ4n) is 4.18.